The van der Waals surface area contributed by atoms with Gasteiger partial charge in [0.25, 0.3) is 5.88 Å². The number of hydrogen-bond acceptors (Lipinski definition) is 5. The van der Waals surface area contributed by atoms with Gasteiger partial charge in [0, 0.05) is 13.1 Å². The van der Waals surface area contributed by atoms with Crippen LogP contribution in [0.15, 0.2) is 24.5 Å². The Labute approximate surface area is 120 Å². The van der Waals surface area contributed by atoms with Gasteiger partial charge in [-0.25, -0.2) is 4.98 Å². The highest BCUT2D eigenvalue weighted by molar-refractivity contribution is 6.42. The molecule has 0 bridgehead atoms. The molecule has 0 saturated heterocycles. The first-order valence-electron chi connectivity index (χ1n) is 5.35. The lowest BCUT2D eigenvalue weighted by Gasteiger charge is -2.11. The monoisotopic (exact) mass is 299 g/mol. The fraction of sp³-hybridized carbons (Fsp3) is 0.167. The molecular weight excluding hydrogens is 289 g/mol. The van der Waals surface area contributed by atoms with Crippen molar-refractivity contribution in [1.82, 2.24) is 9.97 Å². The third-order valence-electron chi connectivity index (χ3n) is 2.32. The van der Waals surface area contributed by atoms with E-state index in [0.717, 1.165) is 0 Å². The number of hydrogen-bond donors (Lipinski definition) is 1. The number of nitrogens with zero attached hydrogens (tertiary/aromatic N) is 2. The number of anilines is 1. The van der Waals surface area contributed by atoms with Crippen molar-refractivity contribution in [2.75, 3.05) is 19.5 Å². The summed E-state index contributed by atoms with van der Waals surface area (Å²) in [5.74, 6) is 1.75. The normalized spacial score (nSPS) is 10.1. The summed E-state index contributed by atoms with van der Waals surface area (Å²) >= 11 is 11.8. The van der Waals surface area contributed by atoms with E-state index in [2.05, 4.69) is 15.3 Å². The Morgan fingerprint density at radius 1 is 1.16 bits per heavy atom. The van der Waals surface area contributed by atoms with Crippen LogP contribution in [-0.4, -0.2) is 24.1 Å². The second-order valence-electron chi connectivity index (χ2n) is 3.49. The maximum absolute atomic E-state index is 5.92. The predicted octanol–water partition coefficient (Wildman–Crippen LogP) is 3.63. The van der Waals surface area contributed by atoms with Gasteiger partial charge >= 0.3 is 0 Å². The van der Waals surface area contributed by atoms with Crippen LogP contribution < -0.4 is 14.8 Å². The highest BCUT2D eigenvalue weighted by Gasteiger charge is 2.13. The van der Waals surface area contributed by atoms with E-state index >= 15 is 0 Å². The molecule has 1 aromatic heterocycles. The zero-order valence-electron chi connectivity index (χ0n) is 10.3. The number of methoxy groups -OCH3 is 1. The van der Waals surface area contributed by atoms with Gasteiger partial charge < -0.3 is 14.8 Å². The highest BCUT2D eigenvalue weighted by Crippen LogP contribution is 2.35. The molecule has 1 heterocycles. The molecule has 0 amide bonds. The Bertz CT molecular complexity index is 593. The summed E-state index contributed by atoms with van der Waals surface area (Å²) in [6, 6.07) is 4.94. The summed E-state index contributed by atoms with van der Waals surface area (Å²) in [5, 5.41) is 3.75. The van der Waals surface area contributed by atoms with Gasteiger partial charge in [0.15, 0.2) is 5.82 Å². The van der Waals surface area contributed by atoms with Crippen molar-refractivity contribution in [2.24, 2.45) is 0 Å². The largest absolute Gasteiger partial charge is 0.489 e. The van der Waals surface area contributed by atoms with Crippen LogP contribution in [0, 0.1) is 0 Å². The van der Waals surface area contributed by atoms with Crippen LogP contribution in [0.3, 0.4) is 0 Å². The number of rotatable bonds is 4. The van der Waals surface area contributed by atoms with Crippen molar-refractivity contribution in [3.05, 3.63) is 34.6 Å². The van der Waals surface area contributed by atoms with Crippen LogP contribution in [-0.2, 0) is 0 Å². The molecule has 1 N–H and O–H groups in total. The number of benzene rings is 1. The van der Waals surface area contributed by atoms with E-state index in [1.54, 1.807) is 25.2 Å². The van der Waals surface area contributed by atoms with Gasteiger partial charge in [-0.1, -0.05) is 23.2 Å². The number of nitrogens with one attached hydrogen (secondary N) is 1. The lowest BCUT2D eigenvalue weighted by atomic mass is 10.3. The molecule has 0 fully saturated rings. The Kier molecular flexibility index (Phi) is 4.29. The van der Waals surface area contributed by atoms with E-state index < -0.39 is 0 Å². The summed E-state index contributed by atoms with van der Waals surface area (Å²) in [4.78, 5) is 8.06. The molecule has 7 heteroatoms. The van der Waals surface area contributed by atoms with Crippen LogP contribution in [0.1, 0.15) is 0 Å². The van der Waals surface area contributed by atoms with E-state index in [0.29, 0.717) is 33.2 Å². The van der Waals surface area contributed by atoms with E-state index in [1.165, 1.54) is 13.4 Å². The minimum absolute atomic E-state index is 0.292. The first-order chi connectivity index (χ1) is 9.15. The lowest BCUT2D eigenvalue weighted by Crippen LogP contribution is -2.00. The second-order valence-corrected chi connectivity index (χ2v) is 4.30. The van der Waals surface area contributed by atoms with Crippen molar-refractivity contribution < 1.29 is 9.47 Å². The quantitative estimate of drug-likeness (QED) is 0.934. The third-order valence-corrected chi connectivity index (χ3v) is 3.06. The highest BCUT2D eigenvalue weighted by atomic mass is 35.5. The fourth-order valence-electron chi connectivity index (χ4n) is 1.44. The average molecular weight is 300 g/mol. The Hall–Kier alpha value is -1.72. The molecule has 0 saturated carbocycles. The first-order valence-corrected chi connectivity index (χ1v) is 6.11. The molecule has 5 nitrogen and oxygen atoms in total. The summed E-state index contributed by atoms with van der Waals surface area (Å²) in [6.07, 6.45) is 1.38. The number of ether oxygens (including phenoxy) is 2. The molecular formula is C12H11Cl2N3O2. The average Bonchev–Trinajstić information content (AvgIpc) is 2.42. The van der Waals surface area contributed by atoms with E-state index in [4.69, 9.17) is 32.7 Å². The van der Waals surface area contributed by atoms with Crippen molar-refractivity contribution >= 4 is 29.0 Å². The van der Waals surface area contributed by atoms with E-state index in [9.17, 15) is 0 Å². The molecule has 0 atom stereocenters. The van der Waals surface area contributed by atoms with Crippen LogP contribution in [0.2, 0.25) is 10.0 Å². The van der Waals surface area contributed by atoms with Gasteiger partial charge in [-0.3, -0.25) is 0 Å². The lowest BCUT2D eigenvalue weighted by molar-refractivity contribution is 0.369. The van der Waals surface area contributed by atoms with Gasteiger partial charge in [-0.05, 0) is 12.1 Å². The SMILES string of the molecule is CNc1ncnc(Oc2ccc(Cl)c(Cl)c2)c1OC. The third kappa shape index (κ3) is 3.00. The van der Waals surface area contributed by atoms with Crippen molar-refractivity contribution in [3.8, 4) is 17.4 Å². The molecule has 0 radical (unpaired) electrons. The number of halogens is 2. The summed E-state index contributed by atoms with van der Waals surface area (Å²) in [6.45, 7) is 0. The van der Waals surface area contributed by atoms with Crippen molar-refractivity contribution in [3.63, 3.8) is 0 Å². The molecule has 0 aliphatic rings. The molecule has 2 aromatic rings. The van der Waals surface area contributed by atoms with Crippen LogP contribution in [0.4, 0.5) is 5.82 Å². The van der Waals surface area contributed by atoms with Gasteiger partial charge in [0.2, 0.25) is 5.75 Å². The van der Waals surface area contributed by atoms with Crippen molar-refractivity contribution in [2.45, 2.75) is 0 Å². The number of aromatic nitrogens is 2. The summed E-state index contributed by atoms with van der Waals surface area (Å²) < 4.78 is 10.8. The fourth-order valence-corrected chi connectivity index (χ4v) is 1.73. The molecule has 19 heavy (non-hydrogen) atoms. The molecule has 2 rings (SSSR count). The minimum atomic E-state index is 0.292. The molecule has 0 aliphatic heterocycles. The standard InChI is InChI=1S/C12H11Cl2N3O2/c1-15-11-10(18-2)12(17-6-16-11)19-7-3-4-8(13)9(14)5-7/h3-6H,1-2H3,(H,15,16,17). The Morgan fingerprint density at radius 3 is 2.58 bits per heavy atom. The molecule has 0 unspecified atom stereocenters. The zero-order valence-corrected chi connectivity index (χ0v) is 11.8. The van der Waals surface area contributed by atoms with E-state index in [1.807, 2.05) is 0 Å². The smallest absolute Gasteiger partial charge is 0.268 e. The summed E-state index contributed by atoms with van der Waals surface area (Å²) in [7, 11) is 3.25. The Balaban J connectivity index is 2.35. The van der Waals surface area contributed by atoms with E-state index in [-0.39, 0.29) is 0 Å². The molecule has 100 valence electrons. The maximum Gasteiger partial charge on any atom is 0.268 e. The first kappa shape index (κ1) is 13.7. The minimum Gasteiger partial charge on any atom is -0.489 e. The second kappa shape index (κ2) is 5.95. The van der Waals surface area contributed by atoms with Gasteiger partial charge in [-0.2, -0.15) is 4.98 Å². The molecule has 0 aliphatic carbocycles. The van der Waals surface area contributed by atoms with Gasteiger partial charge in [0.05, 0.1) is 17.2 Å². The maximum atomic E-state index is 5.92. The topological polar surface area (TPSA) is 56.3 Å². The van der Waals surface area contributed by atoms with Gasteiger partial charge in [-0.15, -0.1) is 0 Å². The molecule has 1 aromatic carbocycles. The molecule has 0 spiro atoms. The predicted molar refractivity (Wildman–Crippen MR) is 74.7 cm³/mol. The zero-order chi connectivity index (χ0) is 13.8. The van der Waals surface area contributed by atoms with Gasteiger partial charge in [0.1, 0.15) is 12.1 Å². The Morgan fingerprint density at radius 2 is 1.95 bits per heavy atom. The van der Waals surface area contributed by atoms with Crippen LogP contribution in [0.25, 0.3) is 0 Å². The van der Waals surface area contributed by atoms with Crippen molar-refractivity contribution in [1.29, 1.82) is 0 Å². The van der Waals surface area contributed by atoms with Crippen LogP contribution in [0.5, 0.6) is 17.4 Å². The summed E-state index contributed by atoms with van der Waals surface area (Å²) in [5.41, 5.74) is 0. The van der Waals surface area contributed by atoms with Crippen LogP contribution >= 0.6 is 23.2 Å².